The van der Waals surface area contributed by atoms with Gasteiger partial charge in [0.05, 0.1) is 14.2 Å². The molecule has 0 spiro atoms. The zero-order valence-corrected chi connectivity index (χ0v) is 15.3. The predicted octanol–water partition coefficient (Wildman–Crippen LogP) is 1.08. The van der Waals surface area contributed by atoms with Crippen LogP contribution in [-0.4, -0.2) is 64.3 Å². The van der Waals surface area contributed by atoms with E-state index in [-0.39, 0.29) is 18.3 Å². The Morgan fingerprint density at radius 3 is 2.67 bits per heavy atom. The summed E-state index contributed by atoms with van der Waals surface area (Å²) in [6.45, 7) is 5.78. The molecule has 1 aliphatic heterocycles. The van der Waals surface area contributed by atoms with Crippen molar-refractivity contribution in [2.45, 2.75) is 12.8 Å². The molecule has 0 atom stereocenters. The van der Waals surface area contributed by atoms with Gasteiger partial charge in [0, 0.05) is 45.7 Å². The van der Waals surface area contributed by atoms with Gasteiger partial charge >= 0.3 is 0 Å². The lowest BCUT2D eigenvalue weighted by Crippen LogP contribution is -2.46. The molecule has 7 heteroatoms. The number of nitrogens with zero attached hydrogens (tertiary/aromatic N) is 1. The van der Waals surface area contributed by atoms with E-state index in [1.807, 2.05) is 18.2 Å². The van der Waals surface area contributed by atoms with Gasteiger partial charge in [-0.05, 0) is 30.2 Å². The van der Waals surface area contributed by atoms with Crippen molar-refractivity contribution in [2.24, 2.45) is 0 Å². The Labute approximate surface area is 150 Å². The second-order valence-corrected chi connectivity index (χ2v) is 5.62. The standard InChI is InChI=1S/C17H27N3O3.ClH/c1-22-15-4-5-16(23-2)14(13-15)3-6-17(21)19-9-12-20-10-7-18-8-11-20;/h4-5,13,18H,3,6-12H2,1-2H3,(H,19,21);1H. The molecule has 0 aliphatic carbocycles. The van der Waals surface area contributed by atoms with E-state index >= 15 is 0 Å². The topological polar surface area (TPSA) is 62.8 Å². The lowest BCUT2D eigenvalue weighted by Gasteiger charge is -2.27. The van der Waals surface area contributed by atoms with Crippen LogP contribution >= 0.6 is 12.4 Å². The average Bonchev–Trinajstić information content (AvgIpc) is 2.60. The van der Waals surface area contributed by atoms with Crippen LogP contribution in [0, 0.1) is 0 Å². The summed E-state index contributed by atoms with van der Waals surface area (Å²) < 4.78 is 10.6. The molecular formula is C17H28ClN3O3. The van der Waals surface area contributed by atoms with E-state index in [1.165, 1.54) is 0 Å². The number of carbonyl (C=O) groups is 1. The number of nitrogens with one attached hydrogen (secondary N) is 2. The number of carbonyl (C=O) groups excluding carboxylic acids is 1. The van der Waals surface area contributed by atoms with Crippen molar-refractivity contribution >= 4 is 18.3 Å². The number of hydrogen-bond donors (Lipinski definition) is 2. The quantitative estimate of drug-likeness (QED) is 0.729. The Bertz CT molecular complexity index is 508. The van der Waals surface area contributed by atoms with E-state index in [1.54, 1.807) is 14.2 Å². The number of ether oxygens (including phenoxy) is 2. The zero-order chi connectivity index (χ0) is 16.5. The van der Waals surface area contributed by atoms with Crippen LogP contribution < -0.4 is 20.1 Å². The number of rotatable bonds is 8. The number of methoxy groups -OCH3 is 2. The fourth-order valence-electron chi connectivity index (χ4n) is 2.70. The molecule has 1 heterocycles. The maximum absolute atomic E-state index is 12.0. The summed E-state index contributed by atoms with van der Waals surface area (Å²) in [5, 5.41) is 6.31. The number of amides is 1. The average molecular weight is 358 g/mol. The first kappa shape index (κ1) is 20.5. The minimum absolute atomic E-state index is 0. The van der Waals surface area contributed by atoms with Gasteiger partial charge in [-0.15, -0.1) is 12.4 Å². The van der Waals surface area contributed by atoms with E-state index in [0.717, 1.165) is 49.8 Å². The van der Waals surface area contributed by atoms with Crippen molar-refractivity contribution in [3.8, 4) is 11.5 Å². The highest BCUT2D eigenvalue weighted by atomic mass is 35.5. The molecule has 0 radical (unpaired) electrons. The Kier molecular flexibility index (Phi) is 9.52. The Balaban J connectivity index is 0.00000288. The van der Waals surface area contributed by atoms with E-state index in [0.29, 0.717) is 19.4 Å². The monoisotopic (exact) mass is 357 g/mol. The normalized spacial score (nSPS) is 14.6. The van der Waals surface area contributed by atoms with Crippen LogP contribution in [0.3, 0.4) is 0 Å². The molecule has 0 saturated carbocycles. The molecule has 0 bridgehead atoms. The maximum atomic E-state index is 12.0. The zero-order valence-electron chi connectivity index (χ0n) is 14.5. The fourth-order valence-corrected chi connectivity index (χ4v) is 2.70. The minimum Gasteiger partial charge on any atom is -0.497 e. The third kappa shape index (κ3) is 6.55. The predicted molar refractivity (Wildman–Crippen MR) is 97.4 cm³/mol. The highest BCUT2D eigenvalue weighted by Crippen LogP contribution is 2.24. The summed E-state index contributed by atoms with van der Waals surface area (Å²) in [4.78, 5) is 14.4. The van der Waals surface area contributed by atoms with Gasteiger partial charge in [-0.25, -0.2) is 0 Å². The summed E-state index contributed by atoms with van der Waals surface area (Å²) in [6.07, 6.45) is 1.09. The molecule has 136 valence electrons. The van der Waals surface area contributed by atoms with E-state index in [9.17, 15) is 4.79 Å². The van der Waals surface area contributed by atoms with Gasteiger partial charge in [0.1, 0.15) is 11.5 Å². The molecule has 1 saturated heterocycles. The van der Waals surface area contributed by atoms with Gasteiger partial charge in [-0.1, -0.05) is 0 Å². The van der Waals surface area contributed by atoms with Crippen molar-refractivity contribution in [1.29, 1.82) is 0 Å². The van der Waals surface area contributed by atoms with Crippen LogP contribution in [0.2, 0.25) is 0 Å². The van der Waals surface area contributed by atoms with Gasteiger partial charge in [-0.3, -0.25) is 9.69 Å². The molecule has 1 aromatic carbocycles. The number of piperazine rings is 1. The van der Waals surface area contributed by atoms with Crippen LogP contribution in [0.25, 0.3) is 0 Å². The van der Waals surface area contributed by atoms with Crippen molar-refractivity contribution in [3.05, 3.63) is 23.8 Å². The van der Waals surface area contributed by atoms with Crippen LogP contribution in [-0.2, 0) is 11.2 Å². The first-order valence-corrected chi connectivity index (χ1v) is 8.13. The van der Waals surface area contributed by atoms with E-state index in [4.69, 9.17) is 9.47 Å². The second-order valence-electron chi connectivity index (χ2n) is 5.62. The lowest BCUT2D eigenvalue weighted by molar-refractivity contribution is -0.121. The van der Waals surface area contributed by atoms with Crippen LogP contribution in [0.15, 0.2) is 18.2 Å². The largest absolute Gasteiger partial charge is 0.497 e. The summed E-state index contributed by atoms with van der Waals surface area (Å²) in [5.41, 5.74) is 0.990. The van der Waals surface area contributed by atoms with Gasteiger partial charge in [0.15, 0.2) is 0 Å². The number of halogens is 1. The van der Waals surface area contributed by atoms with Crippen LogP contribution in [0.1, 0.15) is 12.0 Å². The molecule has 6 nitrogen and oxygen atoms in total. The Hall–Kier alpha value is -1.50. The van der Waals surface area contributed by atoms with Crippen molar-refractivity contribution in [1.82, 2.24) is 15.5 Å². The summed E-state index contributed by atoms with van der Waals surface area (Å²) in [6, 6.07) is 5.65. The van der Waals surface area contributed by atoms with Gasteiger partial charge < -0.3 is 20.1 Å². The molecule has 0 unspecified atom stereocenters. The first-order chi connectivity index (χ1) is 11.2. The molecule has 1 aliphatic rings. The SMILES string of the molecule is COc1ccc(OC)c(CCC(=O)NCCN2CCNCC2)c1.Cl. The smallest absolute Gasteiger partial charge is 0.220 e. The van der Waals surface area contributed by atoms with Crippen LogP contribution in [0.4, 0.5) is 0 Å². The fraction of sp³-hybridized carbons (Fsp3) is 0.588. The van der Waals surface area contributed by atoms with Crippen molar-refractivity contribution in [3.63, 3.8) is 0 Å². The third-order valence-corrected chi connectivity index (χ3v) is 4.07. The number of benzene rings is 1. The highest BCUT2D eigenvalue weighted by Gasteiger charge is 2.11. The van der Waals surface area contributed by atoms with E-state index < -0.39 is 0 Å². The van der Waals surface area contributed by atoms with Gasteiger partial charge in [0.25, 0.3) is 0 Å². The molecule has 0 aromatic heterocycles. The number of hydrogen-bond acceptors (Lipinski definition) is 5. The Morgan fingerprint density at radius 1 is 1.25 bits per heavy atom. The number of aryl methyl sites for hydroxylation is 1. The maximum Gasteiger partial charge on any atom is 0.220 e. The summed E-state index contributed by atoms with van der Waals surface area (Å²) in [5.74, 6) is 1.64. The highest BCUT2D eigenvalue weighted by molar-refractivity contribution is 5.85. The molecule has 1 aromatic rings. The van der Waals surface area contributed by atoms with Crippen LogP contribution in [0.5, 0.6) is 11.5 Å². The minimum atomic E-state index is 0. The molecular weight excluding hydrogens is 330 g/mol. The lowest BCUT2D eigenvalue weighted by atomic mass is 10.1. The molecule has 2 rings (SSSR count). The third-order valence-electron chi connectivity index (χ3n) is 4.07. The Morgan fingerprint density at radius 2 is 2.00 bits per heavy atom. The summed E-state index contributed by atoms with van der Waals surface area (Å²) in [7, 11) is 3.27. The van der Waals surface area contributed by atoms with E-state index in [2.05, 4.69) is 15.5 Å². The second kappa shape index (κ2) is 11.1. The molecule has 1 amide bonds. The molecule has 2 N–H and O–H groups in total. The first-order valence-electron chi connectivity index (χ1n) is 8.13. The molecule has 1 fully saturated rings. The van der Waals surface area contributed by atoms with Gasteiger partial charge in [0.2, 0.25) is 5.91 Å². The summed E-state index contributed by atoms with van der Waals surface area (Å²) >= 11 is 0. The van der Waals surface area contributed by atoms with Crippen molar-refractivity contribution < 1.29 is 14.3 Å². The van der Waals surface area contributed by atoms with Crippen molar-refractivity contribution in [2.75, 3.05) is 53.5 Å². The molecule has 24 heavy (non-hydrogen) atoms. The van der Waals surface area contributed by atoms with Gasteiger partial charge in [-0.2, -0.15) is 0 Å².